The van der Waals surface area contributed by atoms with E-state index in [-0.39, 0.29) is 6.61 Å². The van der Waals surface area contributed by atoms with Crippen LogP contribution in [0.5, 0.6) is 0 Å². The van der Waals surface area contributed by atoms with Gasteiger partial charge in [-0.15, -0.1) is 0 Å². The van der Waals surface area contributed by atoms with E-state index in [1.54, 1.807) is 0 Å². The number of hydrogen-bond donors (Lipinski definition) is 2. The highest BCUT2D eigenvalue weighted by Crippen LogP contribution is 2.04. The second-order valence-electron chi connectivity index (χ2n) is 3.48. The summed E-state index contributed by atoms with van der Waals surface area (Å²) in [5.74, 6) is -1.98. The zero-order chi connectivity index (χ0) is 11.1. The predicted octanol–water partition coefficient (Wildman–Crippen LogP) is 0.977. The lowest BCUT2D eigenvalue weighted by Crippen LogP contribution is -2.27. The molecule has 0 saturated carbocycles. The lowest BCUT2D eigenvalue weighted by molar-refractivity contribution is -0.157. The second kappa shape index (κ2) is 6.37. The van der Waals surface area contributed by atoms with Crippen molar-refractivity contribution in [2.75, 3.05) is 6.61 Å². The van der Waals surface area contributed by atoms with E-state index in [1.165, 1.54) is 0 Å². The van der Waals surface area contributed by atoms with E-state index in [9.17, 15) is 9.59 Å². The van der Waals surface area contributed by atoms with Crippen LogP contribution < -0.4 is 0 Å². The van der Waals surface area contributed by atoms with Gasteiger partial charge in [0.05, 0.1) is 6.42 Å². The molecule has 0 aromatic heterocycles. The molecule has 0 radical (unpaired) electrons. The van der Waals surface area contributed by atoms with Gasteiger partial charge >= 0.3 is 11.9 Å². The quantitative estimate of drug-likeness (QED) is 0.645. The molecule has 0 aromatic carbocycles. The zero-order valence-electron chi connectivity index (χ0n) is 8.40. The van der Waals surface area contributed by atoms with Crippen LogP contribution >= 0.6 is 0 Å². The van der Waals surface area contributed by atoms with Crippen LogP contribution in [0.3, 0.4) is 0 Å². The van der Waals surface area contributed by atoms with Crippen LogP contribution in [-0.2, 0) is 14.3 Å². The van der Waals surface area contributed by atoms with Crippen molar-refractivity contribution in [3.8, 4) is 0 Å². The maximum Gasteiger partial charge on any atom is 0.333 e. The standard InChI is InChI=1S/C9H16O5/c1-6(2)3-4-14-7(9(12)13)5-8(10)11/h6-7H,3-5H2,1-2H3,(H,10,11)(H,12,13). The van der Waals surface area contributed by atoms with Crippen molar-refractivity contribution >= 4 is 11.9 Å². The van der Waals surface area contributed by atoms with Gasteiger partial charge in [0.1, 0.15) is 0 Å². The van der Waals surface area contributed by atoms with E-state index in [1.807, 2.05) is 13.8 Å². The monoisotopic (exact) mass is 204 g/mol. The third kappa shape index (κ3) is 6.42. The molecule has 0 aromatic rings. The van der Waals surface area contributed by atoms with Crippen molar-refractivity contribution in [3.05, 3.63) is 0 Å². The summed E-state index contributed by atoms with van der Waals surface area (Å²) in [7, 11) is 0. The first-order valence-electron chi connectivity index (χ1n) is 4.49. The molecule has 0 rings (SSSR count). The molecule has 0 amide bonds. The average Bonchev–Trinajstić information content (AvgIpc) is 2.00. The maximum absolute atomic E-state index is 10.5. The van der Waals surface area contributed by atoms with Crippen LogP contribution in [0.4, 0.5) is 0 Å². The molecule has 5 nitrogen and oxygen atoms in total. The number of rotatable bonds is 7. The van der Waals surface area contributed by atoms with Gasteiger partial charge in [-0.1, -0.05) is 13.8 Å². The summed E-state index contributed by atoms with van der Waals surface area (Å²) in [6, 6.07) is 0. The molecule has 0 heterocycles. The van der Waals surface area contributed by atoms with Crippen LogP contribution in [0.1, 0.15) is 26.7 Å². The molecule has 1 atom stereocenters. The second-order valence-corrected chi connectivity index (χ2v) is 3.48. The number of hydrogen-bond acceptors (Lipinski definition) is 3. The highest BCUT2D eigenvalue weighted by atomic mass is 16.5. The number of carboxylic acids is 2. The Balaban J connectivity index is 3.86. The normalized spacial score (nSPS) is 12.8. The highest BCUT2D eigenvalue weighted by Gasteiger charge is 2.21. The molecule has 0 aliphatic carbocycles. The third-order valence-corrected chi connectivity index (χ3v) is 1.65. The van der Waals surface area contributed by atoms with Crippen molar-refractivity contribution in [3.63, 3.8) is 0 Å². The Labute approximate surface area is 82.7 Å². The van der Waals surface area contributed by atoms with Crippen molar-refractivity contribution in [1.29, 1.82) is 0 Å². The van der Waals surface area contributed by atoms with E-state index in [4.69, 9.17) is 14.9 Å². The van der Waals surface area contributed by atoms with Gasteiger partial charge in [0.25, 0.3) is 0 Å². The Hall–Kier alpha value is -1.10. The smallest absolute Gasteiger partial charge is 0.333 e. The van der Waals surface area contributed by atoms with Gasteiger partial charge in [-0.25, -0.2) is 4.79 Å². The van der Waals surface area contributed by atoms with Gasteiger partial charge in [0.15, 0.2) is 6.10 Å². The summed E-state index contributed by atoms with van der Waals surface area (Å²) in [5, 5.41) is 17.0. The zero-order valence-corrected chi connectivity index (χ0v) is 8.40. The fraction of sp³-hybridized carbons (Fsp3) is 0.778. The topological polar surface area (TPSA) is 83.8 Å². The Morgan fingerprint density at radius 1 is 1.29 bits per heavy atom. The van der Waals surface area contributed by atoms with Gasteiger partial charge in [-0.2, -0.15) is 0 Å². The maximum atomic E-state index is 10.5. The summed E-state index contributed by atoms with van der Waals surface area (Å²) in [6.07, 6.45) is -0.997. The molecule has 0 spiro atoms. The molecular formula is C9H16O5. The van der Waals surface area contributed by atoms with Crippen molar-refractivity contribution in [1.82, 2.24) is 0 Å². The summed E-state index contributed by atoms with van der Waals surface area (Å²) in [5.41, 5.74) is 0. The molecule has 1 unspecified atom stereocenters. The summed E-state index contributed by atoms with van der Waals surface area (Å²) < 4.78 is 4.94. The number of carboxylic acid groups (broad SMARTS) is 2. The van der Waals surface area contributed by atoms with Gasteiger partial charge in [0, 0.05) is 6.61 Å². The number of ether oxygens (including phenoxy) is 1. The van der Waals surface area contributed by atoms with Gasteiger partial charge in [0.2, 0.25) is 0 Å². The van der Waals surface area contributed by atoms with E-state index >= 15 is 0 Å². The Bertz CT molecular complexity index is 199. The van der Waals surface area contributed by atoms with E-state index in [0.717, 1.165) is 6.42 Å². The van der Waals surface area contributed by atoms with Crippen LogP contribution in [0.15, 0.2) is 0 Å². The third-order valence-electron chi connectivity index (χ3n) is 1.65. The van der Waals surface area contributed by atoms with Gasteiger partial charge < -0.3 is 14.9 Å². The lowest BCUT2D eigenvalue weighted by Gasteiger charge is -2.12. The van der Waals surface area contributed by atoms with Crippen LogP contribution in [0, 0.1) is 5.92 Å². The van der Waals surface area contributed by atoms with Crippen LogP contribution in [-0.4, -0.2) is 34.9 Å². The Kier molecular flexibility index (Phi) is 5.87. The molecule has 0 saturated heterocycles. The first-order chi connectivity index (χ1) is 6.43. The molecule has 0 aliphatic heterocycles. The SMILES string of the molecule is CC(C)CCOC(CC(=O)O)C(=O)O. The predicted molar refractivity (Wildman–Crippen MR) is 49.1 cm³/mol. The van der Waals surface area contributed by atoms with Crippen molar-refractivity contribution in [2.24, 2.45) is 5.92 Å². The summed E-state index contributed by atoms with van der Waals surface area (Å²) in [6.45, 7) is 4.24. The minimum Gasteiger partial charge on any atom is -0.481 e. The van der Waals surface area contributed by atoms with Crippen LogP contribution in [0.2, 0.25) is 0 Å². The molecule has 14 heavy (non-hydrogen) atoms. The van der Waals surface area contributed by atoms with Gasteiger partial charge in [-0.05, 0) is 12.3 Å². The van der Waals surface area contributed by atoms with Gasteiger partial charge in [-0.3, -0.25) is 4.79 Å². The minimum atomic E-state index is -1.23. The summed E-state index contributed by atoms with van der Waals surface area (Å²) >= 11 is 0. The lowest BCUT2D eigenvalue weighted by atomic mass is 10.1. The first-order valence-corrected chi connectivity index (χ1v) is 4.49. The average molecular weight is 204 g/mol. The van der Waals surface area contributed by atoms with Crippen molar-refractivity contribution in [2.45, 2.75) is 32.8 Å². The molecule has 2 N–H and O–H groups in total. The Morgan fingerprint density at radius 3 is 2.21 bits per heavy atom. The fourth-order valence-electron chi connectivity index (χ4n) is 0.822. The fourth-order valence-corrected chi connectivity index (χ4v) is 0.822. The summed E-state index contributed by atoms with van der Waals surface area (Å²) in [4.78, 5) is 20.8. The molecule has 5 heteroatoms. The van der Waals surface area contributed by atoms with E-state index in [0.29, 0.717) is 5.92 Å². The molecular weight excluding hydrogens is 188 g/mol. The Morgan fingerprint density at radius 2 is 1.86 bits per heavy atom. The minimum absolute atomic E-state index is 0.280. The van der Waals surface area contributed by atoms with E-state index in [2.05, 4.69) is 0 Å². The number of carbonyl (C=O) groups is 2. The van der Waals surface area contributed by atoms with E-state index < -0.39 is 24.5 Å². The highest BCUT2D eigenvalue weighted by molar-refractivity contribution is 5.79. The molecule has 82 valence electrons. The largest absolute Gasteiger partial charge is 0.481 e. The molecule has 0 aliphatic rings. The van der Waals surface area contributed by atoms with Crippen molar-refractivity contribution < 1.29 is 24.5 Å². The first kappa shape index (κ1) is 12.9. The van der Waals surface area contributed by atoms with Crippen LogP contribution in [0.25, 0.3) is 0 Å². The number of aliphatic carboxylic acids is 2. The molecule has 0 bridgehead atoms. The molecule has 0 fully saturated rings.